The molecule has 0 saturated heterocycles. The third-order valence-corrected chi connectivity index (χ3v) is 5.74. The van der Waals surface area contributed by atoms with Gasteiger partial charge in [-0.1, -0.05) is 11.6 Å². The van der Waals surface area contributed by atoms with Crippen LogP contribution in [-0.4, -0.2) is 54.3 Å². The molecule has 1 aromatic heterocycles. The summed E-state index contributed by atoms with van der Waals surface area (Å²) in [5.74, 6) is -4.31. The Labute approximate surface area is 223 Å². The second-order valence-electron chi connectivity index (χ2n) is 9.64. The van der Waals surface area contributed by atoms with Crippen molar-refractivity contribution in [3.05, 3.63) is 64.3 Å². The molecule has 0 saturated carbocycles. The highest BCUT2D eigenvalue weighted by Crippen LogP contribution is 2.31. The molecule has 2 aromatic carbocycles. The molecule has 3 aromatic rings. The maximum absolute atomic E-state index is 14.3. The fourth-order valence-corrected chi connectivity index (χ4v) is 3.87. The van der Waals surface area contributed by atoms with E-state index in [2.05, 4.69) is 0 Å². The largest absolute Gasteiger partial charge is 0.497 e. The number of hydrogen-bond acceptors (Lipinski definition) is 6. The highest BCUT2D eigenvalue weighted by molar-refractivity contribution is 6.30. The number of halogens is 3. The zero-order valence-electron chi connectivity index (χ0n) is 21.7. The van der Waals surface area contributed by atoms with E-state index in [1.165, 1.54) is 11.7 Å². The third-order valence-electron chi connectivity index (χ3n) is 5.49. The number of alkyl halides is 2. The molecule has 1 heterocycles. The molecule has 1 amide bonds. The summed E-state index contributed by atoms with van der Waals surface area (Å²) in [4.78, 5) is 37.6. The van der Waals surface area contributed by atoms with Gasteiger partial charge in [0.1, 0.15) is 11.4 Å². The first-order valence-electron chi connectivity index (χ1n) is 11.7. The number of nitrogens with one attached hydrogen (secondary N) is 1. The van der Waals surface area contributed by atoms with Gasteiger partial charge in [0, 0.05) is 21.7 Å². The van der Waals surface area contributed by atoms with E-state index < -0.39 is 36.7 Å². The van der Waals surface area contributed by atoms with Crippen LogP contribution in [-0.2, 0) is 20.7 Å². The Bertz CT molecular complexity index is 1350. The maximum Gasteiger partial charge on any atom is 0.407 e. The summed E-state index contributed by atoms with van der Waals surface area (Å²) in [7, 11) is 1.48. The number of carbonyl (C=O) groups is 3. The molecule has 0 aliphatic heterocycles. The Morgan fingerprint density at radius 3 is 2.32 bits per heavy atom. The Morgan fingerprint density at radius 2 is 1.71 bits per heavy atom. The molecule has 1 N–H and O–H groups in total. The first kappa shape index (κ1) is 28.9. The average Bonchev–Trinajstić information content (AvgIpc) is 3.11. The topological polar surface area (TPSA) is 95.9 Å². The molecule has 0 aliphatic rings. The van der Waals surface area contributed by atoms with Crippen molar-refractivity contribution >= 4 is 40.5 Å². The highest BCUT2D eigenvalue weighted by Gasteiger charge is 2.33. The number of methoxy groups -OCH3 is 1. The summed E-state index contributed by atoms with van der Waals surface area (Å²) in [6.07, 6.45) is -1.38. The summed E-state index contributed by atoms with van der Waals surface area (Å²) in [5.41, 5.74) is 0.917. The van der Waals surface area contributed by atoms with Crippen molar-refractivity contribution in [1.82, 2.24) is 9.88 Å². The molecule has 0 atom stereocenters. The standard InChI is InChI=1S/C27H29ClF2N2O6/c1-16-20(13-23(33)37-15-27(29,30)14-31-25(35)38-26(2,3)4)21-12-19(36-5)10-11-22(21)32(16)24(34)17-6-8-18(28)9-7-17/h6-12H,13-15H2,1-5H3,(H,31,35). The number of ether oxygens (including phenoxy) is 3. The zero-order chi connectivity index (χ0) is 28.3. The quantitative estimate of drug-likeness (QED) is 0.370. The van der Waals surface area contributed by atoms with Crippen molar-refractivity contribution in [2.45, 2.75) is 45.6 Å². The fourth-order valence-electron chi connectivity index (χ4n) is 3.74. The van der Waals surface area contributed by atoms with Crippen molar-refractivity contribution in [3.63, 3.8) is 0 Å². The summed E-state index contributed by atoms with van der Waals surface area (Å²) in [5, 5.41) is 2.98. The van der Waals surface area contributed by atoms with E-state index in [1.54, 1.807) is 70.2 Å². The number of nitrogens with zero attached hydrogens (tertiary/aromatic N) is 1. The van der Waals surface area contributed by atoms with Gasteiger partial charge in [0.25, 0.3) is 11.8 Å². The monoisotopic (exact) mass is 550 g/mol. The number of benzene rings is 2. The van der Waals surface area contributed by atoms with Crippen LogP contribution in [0.3, 0.4) is 0 Å². The Hall–Kier alpha value is -3.66. The van der Waals surface area contributed by atoms with Gasteiger partial charge in [-0.25, -0.2) is 13.6 Å². The summed E-state index contributed by atoms with van der Waals surface area (Å²) in [6, 6.07) is 11.4. The van der Waals surface area contributed by atoms with Crippen LogP contribution in [0, 0.1) is 6.92 Å². The Balaban J connectivity index is 1.79. The second-order valence-corrected chi connectivity index (χ2v) is 10.1. The van der Waals surface area contributed by atoms with Gasteiger partial charge in [-0.15, -0.1) is 0 Å². The van der Waals surface area contributed by atoms with Crippen molar-refractivity contribution in [3.8, 4) is 5.75 Å². The molecule has 11 heteroatoms. The van der Waals surface area contributed by atoms with Crippen LogP contribution in [0.2, 0.25) is 5.02 Å². The number of esters is 1. The number of aromatic nitrogens is 1. The SMILES string of the molecule is COc1ccc2c(c1)c(CC(=O)OCC(F)(F)CNC(=O)OC(C)(C)C)c(C)n2C(=O)c1ccc(Cl)cc1. The zero-order valence-corrected chi connectivity index (χ0v) is 22.4. The molecule has 0 spiro atoms. The summed E-state index contributed by atoms with van der Waals surface area (Å²) < 4.78 is 45.0. The minimum atomic E-state index is -3.52. The predicted molar refractivity (Wildman–Crippen MR) is 138 cm³/mol. The molecule has 0 radical (unpaired) electrons. The number of fused-ring (bicyclic) bond motifs is 1. The van der Waals surface area contributed by atoms with Crippen molar-refractivity contribution in [1.29, 1.82) is 0 Å². The molecule has 0 fully saturated rings. The fraction of sp³-hybridized carbons (Fsp3) is 0.370. The molecule has 38 heavy (non-hydrogen) atoms. The summed E-state index contributed by atoms with van der Waals surface area (Å²) in [6.45, 7) is 4.15. The van der Waals surface area contributed by atoms with E-state index in [4.69, 9.17) is 25.8 Å². The van der Waals surface area contributed by atoms with Crippen molar-refractivity contribution in [2.24, 2.45) is 0 Å². The van der Waals surface area contributed by atoms with Gasteiger partial charge in [0.05, 0.1) is 25.6 Å². The van der Waals surface area contributed by atoms with E-state index in [1.807, 2.05) is 5.32 Å². The smallest absolute Gasteiger partial charge is 0.407 e. The predicted octanol–water partition coefficient (Wildman–Crippen LogP) is 5.55. The van der Waals surface area contributed by atoms with Gasteiger partial charge >= 0.3 is 12.1 Å². The third kappa shape index (κ3) is 7.22. The lowest BCUT2D eigenvalue weighted by atomic mass is 10.1. The number of alkyl carbamates (subject to hydrolysis) is 1. The van der Waals surface area contributed by atoms with Crippen LogP contribution < -0.4 is 10.1 Å². The van der Waals surface area contributed by atoms with Gasteiger partial charge in [0.15, 0.2) is 6.61 Å². The maximum atomic E-state index is 14.3. The van der Waals surface area contributed by atoms with Crippen LogP contribution in [0.15, 0.2) is 42.5 Å². The first-order valence-corrected chi connectivity index (χ1v) is 12.1. The van der Waals surface area contributed by atoms with E-state index in [0.717, 1.165) is 0 Å². The molecule has 0 bridgehead atoms. The number of hydrogen-bond donors (Lipinski definition) is 1. The molecule has 0 aliphatic carbocycles. The lowest BCUT2D eigenvalue weighted by Gasteiger charge is -2.21. The summed E-state index contributed by atoms with van der Waals surface area (Å²) >= 11 is 5.94. The first-order chi connectivity index (χ1) is 17.7. The average molecular weight is 551 g/mol. The Kier molecular flexibility index (Phi) is 8.66. The Morgan fingerprint density at radius 1 is 1.05 bits per heavy atom. The highest BCUT2D eigenvalue weighted by atomic mass is 35.5. The van der Waals surface area contributed by atoms with Crippen LogP contribution in [0.25, 0.3) is 10.9 Å². The molecule has 0 unspecified atom stereocenters. The van der Waals surface area contributed by atoms with Gasteiger partial charge in [-0.05, 0) is 75.7 Å². The molecular formula is C27H29ClF2N2O6. The van der Waals surface area contributed by atoms with Crippen LogP contribution in [0.5, 0.6) is 5.75 Å². The van der Waals surface area contributed by atoms with Crippen molar-refractivity contribution in [2.75, 3.05) is 20.3 Å². The lowest BCUT2D eigenvalue weighted by Crippen LogP contribution is -2.42. The number of rotatable bonds is 8. The second kappa shape index (κ2) is 11.4. The molecular weight excluding hydrogens is 522 g/mol. The van der Waals surface area contributed by atoms with Crippen molar-refractivity contribution < 1.29 is 37.4 Å². The van der Waals surface area contributed by atoms with Gasteiger partial charge in [0.2, 0.25) is 0 Å². The minimum absolute atomic E-state index is 0.353. The van der Waals surface area contributed by atoms with E-state index in [-0.39, 0.29) is 12.3 Å². The van der Waals surface area contributed by atoms with E-state index >= 15 is 0 Å². The van der Waals surface area contributed by atoms with Gasteiger partial charge in [-0.3, -0.25) is 14.2 Å². The molecule has 204 valence electrons. The van der Waals surface area contributed by atoms with E-state index in [9.17, 15) is 23.2 Å². The van der Waals surface area contributed by atoms with Gasteiger partial charge in [-0.2, -0.15) is 0 Å². The molecule has 8 nitrogen and oxygen atoms in total. The number of carbonyl (C=O) groups excluding carboxylic acids is 3. The normalized spacial score (nSPS) is 11.8. The van der Waals surface area contributed by atoms with E-state index in [0.29, 0.717) is 38.5 Å². The molecule has 3 rings (SSSR count). The van der Waals surface area contributed by atoms with Crippen LogP contribution in [0.1, 0.15) is 42.4 Å². The number of amides is 1. The van der Waals surface area contributed by atoms with Crippen LogP contribution >= 0.6 is 11.6 Å². The minimum Gasteiger partial charge on any atom is -0.497 e. The van der Waals surface area contributed by atoms with Gasteiger partial charge < -0.3 is 19.5 Å². The van der Waals surface area contributed by atoms with Crippen LogP contribution in [0.4, 0.5) is 13.6 Å². The lowest BCUT2D eigenvalue weighted by molar-refractivity contribution is -0.153.